The van der Waals surface area contributed by atoms with Gasteiger partial charge in [-0.3, -0.25) is 0 Å². The Morgan fingerprint density at radius 2 is 2.16 bits per heavy atom. The quantitative estimate of drug-likeness (QED) is 0.851. The lowest BCUT2D eigenvalue weighted by Crippen LogP contribution is -2.29. The van der Waals surface area contributed by atoms with Crippen LogP contribution in [-0.2, 0) is 6.42 Å². The molecule has 0 radical (unpaired) electrons. The molecule has 0 saturated heterocycles. The van der Waals surface area contributed by atoms with E-state index in [0.29, 0.717) is 21.6 Å². The average Bonchev–Trinajstić information content (AvgIpc) is 2.35. The number of aryl methyl sites for hydroxylation is 1. The van der Waals surface area contributed by atoms with Crippen LogP contribution in [0, 0.1) is 6.92 Å². The summed E-state index contributed by atoms with van der Waals surface area (Å²) in [7, 11) is 0. The summed E-state index contributed by atoms with van der Waals surface area (Å²) >= 11 is 6.22. The molecule has 4 nitrogen and oxygen atoms in total. The minimum Gasteiger partial charge on any atom is -0.422 e. The summed E-state index contributed by atoms with van der Waals surface area (Å²) in [6.07, 6.45) is 0.196. The van der Waals surface area contributed by atoms with E-state index in [0.717, 1.165) is 5.56 Å². The fourth-order valence-electron chi connectivity index (χ4n) is 1.82. The van der Waals surface area contributed by atoms with Crippen LogP contribution in [0.25, 0.3) is 11.0 Å². The Morgan fingerprint density at radius 1 is 1.47 bits per heavy atom. The largest absolute Gasteiger partial charge is 0.422 e. The van der Waals surface area contributed by atoms with Gasteiger partial charge < -0.3 is 15.3 Å². The van der Waals surface area contributed by atoms with Gasteiger partial charge in [-0.1, -0.05) is 23.2 Å². The van der Waals surface area contributed by atoms with Crippen molar-refractivity contribution in [1.29, 1.82) is 0 Å². The van der Waals surface area contributed by atoms with Gasteiger partial charge in [0.2, 0.25) is 0 Å². The summed E-state index contributed by atoms with van der Waals surface area (Å²) in [5.41, 5.74) is 6.92. The molecule has 0 aliphatic carbocycles. The summed E-state index contributed by atoms with van der Waals surface area (Å²) in [4.78, 5) is 11.8. The van der Waals surface area contributed by atoms with Crippen molar-refractivity contribution in [2.75, 3.05) is 6.61 Å². The van der Waals surface area contributed by atoms with Crippen LogP contribution < -0.4 is 11.4 Å². The Balaban J connectivity index is 0.00000180. The van der Waals surface area contributed by atoms with Crippen molar-refractivity contribution >= 4 is 35.0 Å². The van der Waals surface area contributed by atoms with E-state index in [2.05, 4.69) is 0 Å². The van der Waals surface area contributed by atoms with Crippen LogP contribution in [0.15, 0.2) is 27.4 Å². The third-order valence-corrected chi connectivity index (χ3v) is 3.22. The zero-order valence-corrected chi connectivity index (χ0v) is 11.9. The van der Waals surface area contributed by atoms with Gasteiger partial charge in [-0.2, -0.15) is 0 Å². The number of rotatable bonds is 3. The maximum atomic E-state index is 11.8. The van der Waals surface area contributed by atoms with E-state index >= 15 is 0 Å². The highest BCUT2D eigenvalue weighted by Gasteiger charge is 2.15. The molecule has 2 rings (SSSR count). The van der Waals surface area contributed by atoms with Crippen LogP contribution in [0.4, 0.5) is 0 Å². The first-order valence-electron chi connectivity index (χ1n) is 5.61. The summed E-state index contributed by atoms with van der Waals surface area (Å²) in [6, 6.07) is 4.90. The van der Waals surface area contributed by atoms with Crippen LogP contribution in [0.2, 0.25) is 5.02 Å². The molecule has 6 heteroatoms. The Labute approximate surface area is 121 Å². The first-order chi connectivity index (χ1) is 8.52. The van der Waals surface area contributed by atoms with E-state index in [4.69, 9.17) is 26.9 Å². The smallest absolute Gasteiger partial charge is 0.341 e. The predicted molar refractivity (Wildman–Crippen MR) is 78.2 cm³/mol. The van der Waals surface area contributed by atoms with Crippen LogP contribution in [0.5, 0.6) is 0 Å². The lowest BCUT2D eigenvalue weighted by atomic mass is 10.1. The zero-order valence-electron chi connectivity index (χ0n) is 10.4. The SMILES string of the molecule is Cc1ccc2oc(=O)c(CC(N)CO)c(Cl)c2c1.Cl. The summed E-state index contributed by atoms with van der Waals surface area (Å²) in [5, 5.41) is 9.98. The second kappa shape index (κ2) is 6.39. The molecule has 1 aromatic carbocycles. The second-order valence-corrected chi connectivity index (χ2v) is 4.71. The van der Waals surface area contributed by atoms with Gasteiger partial charge in [0.05, 0.1) is 17.2 Å². The Morgan fingerprint density at radius 3 is 2.79 bits per heavy atom. The molecule has 1 aromatic heterocycles. The highest BCUT2D eigenvalue weighted by molar-refractivity contribution is 6.36. The molecule has 3 N–H and O–H groups in total. The molecule has 0 aliphatic rings. The van der Waals surface area contributed by atoms with Gasteiger partial charge in [0, 0.05) is 11.4 Å². The lowest BCUT2D eigenvalue weighted by molar-refractivity contribution is 0.264. The van der Waals surface area contributed by atoms with Gasteiger partial charge in [0.1, 0.15) is 5.58 Å². The summed E-state index contributed by atoms with van der Waals surface area (Å²) in [6.45, 7) is 1.72. The summed E-state index contributed by atoms with van der Waals surface area (Å²) in [5.74, 6) is 0. The molecule has 0 fully saturated rings. The third kappa shape index (κ3) is 3.28. The van der Waals surface area contributed by atoms with E-state index in [9.17, 15) is 4.79 Å². The third-order valence-electron chi connectivity index (χ3n) is 2.79. The monoisotopic (exact) mass is 303 g/mol. The molecule has 19 heavy (non-hydrogen) atoms. The number of aliphatic hydroxyl groups excluding tert-OH is 1. The van der Waals surface area contributed by atoms with E-state index < -0.39 is 11.7 Å². The molecule has 104 valence electrons. The number of benzene rings is 1. The number of nitrogens with two attached hydrogens (primary N) is 1. The van der Waals surface area contributed by atoms with Gasteiger partial charge in [0.15, 0.2) is 0 Å². The maximum Gasteiger partial charge on any atom is 0.341 e. The minimum atomic E-state index is -0.521. The molecule has 1 unspecified atom stereocenters. The molecular weight excluding hydrogens is 289 g/mol. The van der Waals surface area contributed by atoms with Crippen molar-refractivity contribution < 1.29 is 9.52 Å². The number of halogens is 2. The highest BCUT2D eigenvalue weighted by atomic mass is 35.5. The normalized spacial score (nSPS) is 12.2. The molecule has 0 saturated carbocycles. The van der Waals surface area contributed by atoms with Crippen LogP contribution >= 0.6 is 24.0 Å². The van der Waals surface area contributed by atoms with Crippen molar-refractivity contribution in [2.24, 2.45) is 5.73 Å². The topological polar surface area (TPSA) is 76.5 Å². The zero-order chi connectivity index (χ0) is 13.3. The average molecular weight is 304 g/mol. The van der Waals surface area contributed by atoms with Gasteiger partial charge in [-0.15, -0.1) is 12.4 Å². The van der Waals surface area contributed by atoms with E-state index in [-0.39, 0.29) is 25.4 Å². The lowest BCUT2D eigenvalue weighted by Gasteiger charge is -2.10. The van der Waals surface area contributed by atoms with Crippen molar-refractivity contribution in [2.45, 2.75) is 19.4 Å². The number of hydrogen-bond acceptors (Lipinski definition) is 4. The Kier molecular flexibility index (Phi) is 5.38. The fraction of sp³-hybridized carbons (Fsp3) is 0.308. The first-order valence-corrected chi connectivity index (χ1v) is 5.99. The Hall–Kier alpha value is -1.07. The van der Waals surface area contributed by atoms with E-state index in [1.54, 1.807) is 6.07 Å². The standard InChI is InChI=1S/C13H14ClNO3.ClH/c1-7-2-3-11-9(4-7)12(14)10(13(17)18-11)5-8(15)6-16;/h2-4,8,16H,5-6,15H2,1H3;1H. The highest BCUT2D eigenvalue weighted by Crippen LogP contribution is 2.26. The molecule has 2 aromatic rings. The molecule has 0 spiro atoms. The van der Waals surface area contributed by atoms with Crippen molar-refractivity contribution in [1.82, 2.24) is 0 Å². The molecule has 0 bridgehead atoms. The molecular formula is C13H15Cl2NO3. The molecule has 1 atom stereocenters. The van der Waals surface area contributed by atoms with Crippen LogP contribution in [0.1, 0.15) is 11.1 Å². The molecule has 0 aliphatic heterocycles. The van der Waals surface area contributed by atoms with Gasteiger partial charge in [-0.25, -0.2) is 4.79 Å². The predicted octanol–water partition coefficient (Wildman–Crippen LogP) is 2.04. The fourth-order valence-corrected chi connectivity index (χ4v) is 2.12. The van der Waals surface area contributed by atoms with Gasteiger partial charge in [0.25, 0.3) is 0 Å². The second-order valence-electron chi connectivity index (χ2n) is 4.33. The van der Waals surface area contributed by atoms with Crippen LogP contribution in [-0.4, -0.2) is 17.8 Å². The number of fused-ring (bicyclic) bond motifs is 1. The molecule has 0 amide bonds. The first kappa shape index (κ1) is 16.0. The summed E-state index contributed by atoms with van der Waals surface area (Å²) < 4.78 is 5.20. The van der Waals surface area contributed by atoms with Crippen molar-refractivity contribution in [3.8, 4) is 0 Å². The minimum absolute atomic E-state index is 0. The maximum absolute atomic E-state index is 11.8. The Bertz CT molecular complexity index is 640. The van der Waals surface area contributed by atoms with Crippen molar-refractivity contribution in [3.05, 3.63) is 44.8 Å². The van der Waals surface area contributed by atoms with Crippen LogP contribution in [0.3, 0.4) is 0 Å². The molecule has 1 heterocycles. The number of hydrogen-bond donors (Lipinski definition) is 2. The van der Waals surface area contributed by atoms with E-state index in [1.807, 2.05) is 19.1 Å². The van der Waals surface area contributed by atoms with E-state index in [1.165, 1.54) is 0 Å². The number of aliphatic hydroxyl groups is 1. The van der Waals surface area contributed by atoms with Gasteiger partial charge >= 0.3 is 5.63 Å². The van der Waals surface area contributed by atoms with Gasteiger partial charge in [-0.05, 0) is 25.5 Å². The van der Waals surface area contributed by atoms with Crippen molar-refractivity contribution in [3.63, 3.8) is 0 Å².